The Kier molecular flexibility index (Phi) is 4.84. The number of benzene rings is 2. The average Bonchev–Trinajstić information content (AvgIpc) is 2.46. The number of carbonyl (C=O) groups excluding carboxylic acids is 1. The van der Waals surface area contributed by atoms with Crippen LogP contribution in [0, 0.1) is 0 Å². The van der Waals surface area contributed by atoms with Gasteiger partial charge < -0.3 is 4.74 Å². The van der Waals surface area contributed by atoms with Crippen LogP contribution in [0.4, 0.5) is 0 Å². The molecule has 2 nitrogen and oxygen atoms in total. The quantitative estimate of drug-likeness (QED) is 0.563. The summed E-state index contributed by atoms with van der Waals surface area (Å²) in [5.74, 6) is -0.291. The molecule has 0 heterocycles. The monoisotopic (exact) mass is 346 g/mol. The van der Waals surface area contributed by atoms with E-state index in [1.807, 2.05) is 51.1 Å². The topological polar surface area (TPSA) is 26.3 Å². The maximum absolute atomic E-state index is 12.1. The van der Waals surface area contributed by atoms with E-state index in [9.17, 15) is 4.79 Å². The van der Waals surface area contributed by atoms with Gasteiger partial charge in [0.05, 0.1) is 5.56 Å². The summed E-state index contributed by atoms with van der Waals surface area (Å²) >= 11 is 3.46. The Hall–Kier alpha value is -1.61. The van der Waals surface area contributed by atoms with E-state index < -0.39 is 5.60 Å². The lowest BCUT2D eigenvalue weighted by Crippen LogP contribution is -2.23. The lowest BCUT2D eigenvalue weighted by Gasteiger charge is -2.19. The lowest BCUT2D eigenvalue weighted by molar-refractivity contribution is 0.00696. The molecule has 110 valence electrons. The van der Waals surface area contributed by atoms with Crippen molar-refractivity contribution < 1.29 is 9.53 Å². The van der Waals surface area contributed by atoms with Gasteiger partial charge in [0.15, 0.2) is 0 Å². The first-order valence-corrected chi connectivity index (χ1v) is 8.00. The molecular weight excluding hydrogens is 328 g/mol. The highest BCUT2D eigenvalue weighted by Crippen LogP contribution is 2.23. The van der Waals surface area contributed by atoms with E-state index >= 15 is 0 Å². The van der Waals surface area contributed by atoms with E-state index in [0.29, 0.717) is 5.56 Å². The zero-order valence-electron chi connectivity index (χ0n) is 12.5. The third-order valence-electron chi connectivity index (χ3n) is 2.91. The van der Waals surface area contributed by atoms with Crippen LogP contribution in [0.25, 0.3) is 11.1 Å². The second-order valence-corrected chi connectivity index (χ2v) is 6.48. The Balaban J connectivity index is 2.31. The van der Waals surface area contributed by atoms with Crippen molar-refractivity contribution in [3.63, 3.8) is 0 Å². The van der Waals surface area contributed by atoms with Crippen LogP contribution in [0.2, 0.25) is 0 Å². The predicted molar refractivity (Wildman–Crippen MR) is 89.7 cm³/mol. The van der Waals surface area contributed by atoms with Crippen molar-refractivity contribution in [3.05, 3.63) is 59.7 Å². The average molecular weight is 347 g/mol. The molecule has 0 unspecified atom stereocenters. The number of esters is 1. The van der Waals surface area contributed by atoms with Gasteiger partial charge >= 0.3 is 5.97 Å². The maximum Gasteiger partial charge on any atom is 0.338 e. The standard InChI is InChI=1S/C18H19BrO2/c1-18(2,3)21-17(20)16-9-5-8-15(11-16)14-7-4-6-13(10-14)12-19/h4-11H,12H2,1-3H3. The lowest BCUT2D eigenvalue weighted by atomic mass is 10.0. The summed E-state index contributed by atoms with van der Waals surface area (Å²) in [4.78, 5) is 12.1. The third kappa shape index (κ3) is 4.43. The number of hydrogen-bond donors (Lipinski definition) is 0. The highest BCUT2D eigenvalue weighted by Gasteiger charge is 2.18. The first-order valence-electron chi connectivity index (χ1n) is 6.88. The van der Waals surface area contributed by atoms with Gasteiger partial charge in [0, 0.05) is 5.33 Å². The van der Waals surface area contributed by atoms with Crippen molar-refractivity contribution in [2.75, 3.05) is 0 Å². The van der Waals surface area contributed by atoms with E-state index in [1.54, 1.807) is 6.07 Å². The minimum absolute atomic E-state index is 0.291. The SMILES string of the molecule is CC(C)(C)OC(=O)c1cccc(-c2cccc(CBr)c2)c1. The molecule has 0 saturated heterocycles. The van der Waals surface area contributed by atoms with E-state index in [2.05, 4.69) is 28.1 Å². The summed E-state index contributed by atoms with van der Waals surface area (Å²) in [6, 6.07) is 15.8. The molecule has 0 atom stereocenters. The van der Waals surface area contributed by atoms with Gasteiger partial charge in [-0.1, -0.05) is 52.3 Å². The summed E-state index contributed by atoms with van der Waals surface area (Å²) in [5, 5.41) is 0.812. The van der Waals surface area contributed by atoms with Gasteiger partial charge in [-0.15, -0.1) is 0 Å². The molecule has 2 aromatic rings. The molecule has 2 rings (SSSR count). The van der Waals surface area contributed by atoms with Gasteiger partial charge in [-0.25, -0.2) is 4.79 Å². The summed E-state index contributed by atoms with van der Waals surface area (Å²) in [7, 11) is 0. The fourth-order valence-electron chi connectivity index (χ4n) is 2.00. The molecule has 0 aliphatic heterocycles. The van der Waals surface area contributed by atoms with Crippen LogP contribution in [0.5, 0.6) is 0 Å². The molecule has 0 aliphatic rings. The Morgan fingerprint density at radius 1 is 1.05 bits per heavy atom. The Morgan fingerprint density at radius 3 is 2.29 bits per heavy atom. The van der Waals surface area contributed by atoms with E-state index in [0.717, 1.165) is 16.5 Å². The third-order valence-corrected chi connectivity index (χ3v) is 3.56. The summed E-state index contributed by atoms with van der Waals surface area (Å²) < 4.78 is 5.41. The smallest absolute Gasteiger partial charge is 0.338 e. The molecule has 0 amide bonds. The highest BCUT2D eigenvalue weighted by molar-refractivity contribution is 9.08. The fourth-order valence-corrected chi connectivity index (χ4v) is 2.35. The zero-order valence-corrected chi connectivity index (χ0v) is 14.1. The Morgan fingerprint density at radius 2 is 1.67 bits per heavy atom. The van der Waals surface area contributed by atoms with Gasteiger partial charge in [-0.05, 0) is 49.6 Å². The maximum atomic E-state index is 12.1. The van der Waals surface area contributed by atoms with Crippen LogP contribution in [-0.2, 0) is 10.1 Å². The number of halogens is 1. The summed E-state index contributed by atoms with van der Waals surface area (Å²) in [5.41, 5.74) is 3.41. The minimum Gasteiger partial charge on any atom is -0.456 e. The number of hydrogen-bond acceptors (Lipinski definition) is 2. The Labute approximate surface area is 134 Å². The predicted octanol–water partition coefficient (Wildman–Crippen LogP) is 5.20. The van der Waals surface area contributed by atoms with Crippen LogP contribution in [0.3, 0.4) is 0 Å². The number of ether oxygens (including phenoxy) is 1. The second kappa shape index (κ2) is 6.44. The number of alkyl halides is 1. The molecule has 0 bridgehead atoms. The summed E-state index contributed by atoms with van der Waals surface area (Å²) in [6.45, 7) is 5.61. The van der Waals surface area contributed by atoms with Crippen LogP contribution < -0.4 is 0 Å². The van der Waals surface area contributed by atoms with Crippen molar-refractivity contribution >= 4 is 21.9 Å². The molecule has 2 aromatic carbocycles. The van der Waals surface area contributed by atoms with Crippen molar-refractivity contribution in [1.82, 2.24) is 0 Å². The molecule has 3 heteroatoms. The normalized spacial score (nSPS) is 11.2. The van der Waals surface area contributed by atoms with Gasteiger partial charge in [0.2, 0.25) is 0 Å². The molecule has 0 spiro atoms. The van der Waals surface area contributed by atoms with Crippen molar-refractivity contribution in [2.24, 2.45) is 0 Å². The van der Waals surface area contributed by atoms with Gasteiger partial charge in [-0.3, -0.25) is 0 Å². The van der Waals surface area contributed by atoms with E-state index in [4.69, 9.17) is 4.74 Å². The van der Waals surface area contributed by atoms with Gasteiger partial charge in [0.25, 0.3) is 0 Å². The number of rotatable bonds is 3. The molecular formula is C18H19BrO2. The van der Waals surface area contributed by atoms with E-state index in [-0.39, 0.29) is 5.97 Å². The van der Waals surface area contributed by atoms with Crippen LogP contribution in [-0.4, -0.2) is 11.6 Å². The van der Waals surface area contributed by atoms with Crippen LogP contribution >= 0.6 is 15.9 Å². The van der Waals surface area contributed by atoms with Gasteiger partial charge in [-0.2, -0.15) is 0 Å². The summed E-state index contributed by atoms with van der Waals surface area (Å²) in [6.07, 6.45) is 0. The molecule has 21 heavy (non-hydrogen) atoms. The van der Waals surface area contributed by atoms with Crippen LogP contribution in [0.1, 0.15) is 36.7 Å². The first kappa shape index (κ1) is 15.8. The molecule has 0 radical (unpaired) electrons. The van der Waals surface area contributed by atoms with Gasteiger partial charge in [0.1, 0.15) is 5.60 Å². The van der Waals surface area contributed by atoms with E-state index in [1.165, 1.54) is 5.56 Å². The Bertz CT molecular complexity index is 642. The van der Waals surface area contributed by atoms with Crippen LogP contribution in [0.15, 0.2) is 48.5 Å². The molecule has 0 fully saturated rings. The molecule has 0 N–H and O–H groups in total. The zero-order chi connectivity index (χ0) is 15.5. The largest absolute Gasteiger partial charge is 0.456 e. The van der Waals surface area contributed by atoms with Crippen molar-refractivity contribution in [2.45, 2.75) is 31.7 Å². The highest BCUT2D eigenvalue weighted by atomic mass is 79.9. The second-order valence-electron chi connectivity index (χ2n) is 5.92. The minimum atomic E-state index is -0.483. The van der Waals surface area contributed by atoms with Crippen molar-refractivity contribution in [3.8, 4) is 11.1 Å². The molecule has 0 aromatic heterocycles. The molecule has 0 aliphatic carbocycles. The van der Waals surface area contributed by atoms with Crippen molar-refractivity contribution in [1.29, 1.82) is 0 Å². The number of carbonyl (C=O) groups is 1. The molecule has 0 saturated carbocycles. The first-order chi connectivity index (χ1) is 9.89. The fraction of sp³-hybridized carbons (Fsp3) is 0.278.